The second-order valence-electron chi connectivity index (χ2n) is 7.70. The predicted molar refractivity (Wildman–Crippen MR) is 119 cm³/mol. The van der Waals surface area contributed by atoms with E-state index in [0.717, 1.165) is 18.1 Å². The summed E-state index contributed by atoms with van der Waals surface area (Å²) in [7, 11) is 3.59. The summed E-state index contributed by atoms with van der Waals surface area (Å²) in [6, 6.07) is 6.84. The Morgan fingerprint density at radius 3 is 1.14 bits per heavy atom. The third-order valence-corrected chi connectivity index (χ3v) is 14.1. The normalized spacial score (nSPS) is 13.2. The van der Waals surface area contributed by atoms with Gasteiger partial charge in [0.25, 0.3) is 0 Å². The highest BCUT2D eigenvalue weighted by atomic mass is 28.4. The Labute approximate surface area is 174 Å². The summed E-state index contributed by atoms with van der Waals surface area (Å²) >= 11 is 0. The average Bonchev–Trinajstić information content (AvgIpc) is 2.70. The fourth-order valence-corrected chi connectivity index (χ4v) is 7.56. The highest BCUT2D eigenvalue weighted by Crippen LogP contribution is 2.27. The van der Waals surface area contributed by atoms with Crippen molar-refractivity contribution in [2.45, 2.75) is 44.7 Å². The van der Waals surface area contributed by atoms with E-state index in [1.165, 1.54) is 22.3 Å². The zero-order valence-electron chi connectivity index (χ0n) is 19.2. The van der Waals surface area contributed by atoms with Crippen LogP contribution in [0.4, 0.5) is 0 Å². The maximum Gasteiger partial charge on any atom is 0.338 e. The molecule has 0 radical (unpaired) electrons. The molecule has 0 aliphatic rings. The van der Waals surface area contributed by atoms with E-state index >= 15 is 0 Å². The fraction of sp³-hybridized carbons (Fsp3) is 0.684. The van der Waals surface area contributed by atoms with Gasteiger partial charge in [-0.15, -0.1) is 0 Å². The van der Waals surface area contributed by atoms with E-state index in [9.17, 15) is 0 Å². The smallest absolute Gasteiger partial charge is 0.338 e. The number of rotatable bonds is 12. The molecule has 0 amide bonds. The SMILES string of the molecule is CO[Si](C)(Cc1cc(C[Si](C)(OC)OC)c(C)c(C[Si](C)(OC)OC)c1)OC. The lowest BCUT2D eigenvalue weighted by Gasteiger charge is -2.28. The largest absolute Gasteiger partial charge is 0.398 e. The van der Waals surface area contributed by atoms with Crippen LogP contribution in [-0.2, 0) is 44.7 Å². The molecule has 0 aliphatic heterocycles. The molecule has 28 heavy (non-hydrogen) atoms. The lowest BCUT2D eigenvalue weighted by atomic mass is 10.0. The Hall–Kier alpha value is -0.369. The fourth-order valence-electron chi connectivity index (χ4n) is 3.13. The van der Waals surface area contributed by atoms with Crippen LogP contribution in [-0.4, -0.2) is 68.3 Å². The Morgan fingerprint density at radius 2 is 0.857 bits per heavy atom. The molecule has 162 valence electrons. The summed E-state index contributed by atoms with van der Waals surface area (Å²) in [6.45, 7) is 8.42. The van der Waals surface area contributed by atoms with E-state index in [1.807, 2.05) is 0 Å². The first kappa shape index (κ1) is 25.7. The van der Waals surface area contributed by atoms with Crippen molar-refractivity contribution in [1.82, 2.24) is 0 Å². The van der Waals surface area contributed by atoms with Crippen LogP contribution in [0.3, 0.4) is 0 Å². The van der Waals surface area contributed by atoms with Gasteiger partial charge in [-0.05, 0) is 48.8 Å². The molecule has 0 unspecified atom stereocenters. The quantitative estimate of drug-likeness (QED) is 0.459. The maximum absolute atomic E-state index is 5.75. The highest BCUT2D eigenvalue weighted by molar-refractivity contribution is 6.66. The molecule has 0 aliphatic carbocycles. The van der Waals surface area contributed by atoms with E-state index in [2.05, 4.69) is 38.7 Å². The minimum atomic E-state index is -2.27. The van der Waals surface area contributed by atoms with Crippen molar-refractivity contribution in [2.24, 2.45) is 0 Å². The van der Waals surface area contributed by atoms with Crippen LogP contribution in [0.1, 0.15) is 22.3 Å². The van der Waals surface area contributed by atoms with Crippen LogP contribution >= 0.6 is 0 Å². The van der Waals surface area contributed by atoms with Crippen molar-refractivity contribution < 1.29 is 26.6 Å². The predicted octanol–water partition coefficient (Wildman–Crippen LogP) is 3.33. The molecule has 0 bridgehead atoms. The van der Waals surface area contributed by atoms with E-state index in [1.54, 1.807) is 42.7 Å². The molecular weight excluding hydrogens is 408 g/mol. The number of hydrogen-bond donors (Lipinski definition) is 0. The molecule has 0 saturated carbocycles. The second kappa shape index (κ2) is 10.6. The Bertz CT molecular complexity index is 587. The molecule has 0 atom stereocenters. The van der Waals surface area contributed by atoms with Gasteiger partial charge in [0.1, 0.15) is 0 Å². The van der Waals surface area contributed by atoms with Crippen LogP contribution < -0.4 is 0 Å². The Kier molecular flexibility index (Phi) is 9.71. The van der Waals surface area contributed by atoms with E-state index in [0.29, 0.717) is 0 Å². The van der Waals surface area contributed by atoms with Gasteiger partial charge in [0, 0.05) is 60.8 Å². The molecule has 1 aromatic rings. The van der Waals surface area contributed by atoms with Gasteiger partial charge in [0.2, 0.25) is 0 Å². The van der Waals surface area contributed by atoms with Gasteiger partial charge >= 0.3 is 25.7 Å². The maximum atomic E-state index is 5.75. The first-order valence-electron chi connectivity index (χ1n) is 9.45. The van der Waals surface area contributed by atoms with Crippen molar-refractivity contribution >= 4 is 25.7 Å². The average molecular weight is 447 g/mol. The summed E-state index contributed by atoms with van der Waals surface area (Å²) in [4.78, 5) is 0. The lowest BCUT2D eigenvalue weighted by molar-refractivity contribution is 0.248. The molecule has 0 spiro atoms. The van der Waals surface area contributed by atoms with Gasteiger partial charge in [0.05, 0.1) is 0 Å². The van der Waals surface area contributed by atoms with E-state index in [-0.39, 0.29) is 0 Å². The van der Waals surface area contributed by atoms with Crippen LogP contribution in [0.5, 0.6) is 0 Å². The van der Waals surface area contributed by atoms with E-state index in [4.69, 9.17) is 26.6 Å². The minimum absolute atomic E-state index is 0.775. The molecular formula is C19H38O6Si3. The van der Waals surface area contributed by atoms with Crippen molar-refractivity contribution in [3.63, 3.8) is 0 Å². The van der Waals surface area contributed by atoms with Crippen molar-refractivity contribution in [3.8, 4) is 0 Å². The standard InChI is InChI=1S/C19H38O6Si3/c1-16-18(14-27(9,22-4)23-5)11-17(13-26(8,20-2)21-3)12-19(16)15-28(10,24-6)25-7/h11-12H,13-15H2,1-10H3. The highest BCUT2D eigenvalue weighted by Gasteiger charge is 2.35. The third kappa shape index (κ3) is 6.57. The summed E-state index contributed by atoms with van der Waals surface area (Å²) < 4.78 is 34.4. The van der Waals surface area contributed by atoms with Crippen LogP contribution in [0, 0.1) is 6.92 Å². The van der Waals surface area contributed by atoms with Crippen LogP contribution in [0.25, 0.3) is 0 Å². The van der Waals surface area contributed by atoms with Crippen molar-refractivity contribution in [3.05, 3.63) is 34.4 Å². The first-order valence-corrected chi connectivity index (χ1v) is 17.0. The summed E-state index contributed by atoms with van der Waals surface area (Å²) in [6.07, 6.45) is 0. The zero-order chi connectivity index (χ0) is 21.6. The Balaban J connectivity index is 3.45. The van der Waals surface area contributed by atoms with Gasteiger partial charge in [-0.1, -0.05) is 12.1 Å². The van der Waals surface area contributed by atoms with Gasteiger partial charge in [-0.2, -0.15) is 0 Å². The van der Waals surface area contributed by atoms with Gasteiger partial charge in [0.15, 0.2) is 0 Å². The lowest BCUT2D eigenvalue weighted by Crippen LogP contribution is -2.41. The van der Waals surface area contributed by atoms with Gasteiger partial charge in [-0.3, -0.25) is 0 Å². The van der Waals surface area contributed by atoms with Gasteiger partial charge in [-0.25, -0.2) is 0 Å². The molecule has 1 aromatic carbocycles. The molecule has 6 nitrogen and oxygen atoms in total. The number of hydrogen-bond acceptors (Lipinski definition) is 6. The number of benzene rings is 1. The monoisotopic (exact) mass is 446 g/mol. The van der Waals surface area contributed by atoms with Crippen molar-refractivity contribution in [1.29, 1.82) is 0 Å². The molecule has 0 aromatic heterocycles. The summed E-state index contributed by atoms with van der Waals surface area (Å²) in [5.74, 6) is 0. The topological polar surface area (TPSA) is 55.4 Å². The van der Waals surface area contributed by atoms with Crippen molar-refractivity contribution in [2.75, 3.05) is 42.7 Å². The first-order chi connectivity index (χ1) is 13.0. The Morgan fingerprint density at radius 1 is 0.571 bits per heavy atom. The second-order valence-corrected chi connectivity index (χ2v) is 18.0. The molecule has 0 fully saturated rings. The zero-order valence-corrected chi connectivity index (χ0v) is 22.2. The summed E-state index contributed by atoms with van der Waals surface area (Å²) in [5, 5.41) is 0. The minimum Gasteiger partial charge on any atom is -0.398 e. The molecule has 0 saturated heterocycles. The molecule has 0 heterocycles. The molecule has 1 rings (SSSR count). The molecule has 9 heteroatoms. The van der Waals surface area contributed by atoms with E-state index < -0.39 is 25.7 Å². The van der Waals surface area contributed by atoms with Gasteiger partial charge < -0.3 is 26.6 Å². The molecule has 0 N–H and O–H groups in total. The third-order valence-electron chi connectivity index (χ3n) is 5.82. The van der Waals surface area contributed by atoms with Crippen LogP contribution in [0.2, 0.25) is 19.6 Å². The summed E-state index contributed by atoms with van der Waals surface area (Å²) in [5.41, 5.74) is 4.96. The van der Waals surface area contributed by atoms with Crippen LogP contribution in [0.15, 0.2) is 12.1 Å².